The van der Waals surface area contributed by atoms with Crippen molar-refractivity contribution < 1.29 is 0 Å². The number of hydrogen-bond donors (Lipinski definition) is 1. The van der Waals surface area contributed by atoms with E-state index in [1.807, 2.05) is 7.98 Å². The molecule has 0 rings (SSSR count). The minimum atomic E-state index is 0.569. The Balaban J connectivity index is 3.14. The number of hydrogen-bond acceptors (Lipinski definition) is 1. The molecule has 0 bridgehead atoms. The van der Waals surface area contributed by atoms with Gasteiger partial charge < -0.3 is 5.23 Å². The van der Waals surface area contributed by atoms with Gasteiger partial charge in [-0.05, 0) is 11.9 Å². The third kappa shape index (κ3) is 2.75. The summed E-state index contributed by atoms with van der Waals surface area (Å²) in [6.45, 7) is 4.25. The minimum absolute atomic E-state index is 0.569. The molecule has 0 aromatic carbocycles. The average Bonchev–Trinajstić information content (AvgIpc) is 1.65. The predicted octanol–water partition coefficient (Wildman–Crippen LogP) is -1.30. The lowest BCUT2D eigenvalue weighted by molar-refractivity contribution is 0.831. The van der Waals surface area contributed by atoms with Crippen LogP contribution in [0.2, 0.25) is 0 Å². The van der Waals surface area contributed by atoms with E-state index in [9.17, 15) is 0 Å². The van der Waals surface area contributed by atoms with Gasteiger partial charge in [-0.3, -0.25) is 0 Å². The maximum atomic E-state index is 3.13. The Kier molecular flexibility index (Phi) is 3.18. The molecule has 0 heterocycles. The van der Waals surface area contributed by atoms with Crippen molar-refractivity contribution in [2.24, 2.45) is 0 Å². The van der Waals surface area contributed by atoms with Crippen molar-refractivity contribution in [1.29, 1.82) is 0 Å². The Morgan fingerprint density at radius 2 is 2.00 bits per heavy atom. The summed E-state index contributed by atoms with van der Waals surface area (Å²) in [5, 5.41) is 3.13. The van der Waals surface area contributed by atoms with Crippen molar-refractivity contribution in [3.05, 3.63) is 5.92 Å². The molecule has 1 atom stereocenters. The molecule has 3 heteroatoms. The lowest BCUT2D eigenvalue weighted by Gasteiger charge is -2.12. The van der Waals surface area contributed by atoms with Gasteiger partial charge in [0.15, 0.2) is 7.98 Å². The average molecular weight is 95.8 g/mol. The smallest absolute Gasteiger partial charge is 0.181 e. The summed E-state index contributed by atoms with van der Waals surface area (Å²) in [5.41, 5.74) is 0. The Hall–Kier alpha value is 0.0899. The fourth-order valence-corrected chi connectivity index (χ4v) is 0.289. The quantitative estimate of drug-likeness (QED) is 0.421. The van der Waals surface area contributed by atoms with E-state index in [1.54, 1.807) is 0 Å². The highest BCUT2D eigenvalue weighted by Crippen LogP contribution is 1.96. The van der Waals surface area contributed by atoms with Gasteiger partial charge in [0, 0.05) is 0 Å². The van der Waals surface area contributed by atoms with E-state index in [4.69, 9.17) is 0 Å². The van der Waals surface area contributed by atoms with E-state index in [-0.39, 0.29) is 0 Å². The first-order chi connectivity index (χ1) is 3.18. The molecule has 0 aliphatic rings. The first-order valence-corrected chi connectivity index (χ1v) is 2.65. The molecule has 0 saturated carbocycles. The van der Waals surface area contributed by atoms with Crippen molar-refractivity contribution in [2.45, 2.75) is 19.8 Å². The van der Waals surface area contributed by atoms with Crippen LogP contribution in [0.1, 0.15) is 13.8 Å². The van der Waals surface area contributed by atoms with Gasteiger partial charge in [0.05, 0.1) is 0 Å². The van der Waals surface area contributed by atoms with Crippen LogP contribution in [0.3, 0.4) is 0 Å². The molecule has 39 valence electrons. The summed E-state index contributed by atoms with van der Waals surface area (Å²) in [5.74, 6) is 2.00. The maximum Gasteiger partial charge on any atom is 0.181 e. The third-order valence-electron chi connectivity index (χ3n) is 1.30. The zero-order chi connectivity index (χ0) is 5.86. The van der Waals surface area contributed by atoms with Crippen LogP contribution in [0.5, 0.6) is 0 Å². The van der Waals surface area contributed by atoms with Crippen molar-refractivity contribution in [1.82, 2.24) is 5.23 Å². The van der Waals surface area contributed by atoms with Gasteiger partial charge in [-0.2, -0.15) is 0 Å². The Bertz CT molecular complexity index is 47.0. The van der Waals surface area contributed by atoms with Gasteiger partial charge in [0.2, 0.25) is 0 Å². The van der Waals surface area contributed by atoms with Gasteiger partial charge in [-0.1, -0.05) is 13.8 Å². The highest BCUT2D eigenvalue weighted by molar-refractivity contribution is 6.17. The molecule has 0 aromatic heterocycles. The molecule has 1 N–H and O–H groups in total. The topological polar surface area (TPSA) is 12.0 Å². The van der Waals surface area contributed by atoms with Crippen molar-refractivity contribution >= 4 is 15.8 Å². The van der Waals surface area contributed by atoms with Crippen molar-refractivity contribution in [2.75, 3.05) is 0 Å². The van der Waals surface area contributed by atoms with E-state index in [0.717, 1.165) is 0 Å². The zero-order valence-electron chi connectivity index (χ0n) is 5.58. The zero-order valence-corrected chi connectivity index (χ0v) is 5.58. The van der Waals surface area contributed by atoms with Crippen LogP contribution in [-0.2, 0) is 0 Å². The molecule has 0 fully saturated rings. The van der Waals surface area contributed by atoms with Crippen molar-refractivity contribution in [3.8, 4) is 0 Å². The molecular formula is C4H12B2N. The summed E-state index contributed by atoms with van der Waals surface area (Å²) in [6, 6.07) is 0. The first-order valence-electron chi connectivity index (χ1n) is 2.65. The maximum absolute atomic E-state index is 3.13. The second-order valence-corrected chi connectivity index (χ2v) is 2.09. The van der Waals surface area contributed by atoms with E-state index in [0.29, 0.717) is 5.94 Å². The minimum Gasteiger partial charge on any atom is -0.366 e. The van der Waals surface area contributed by atoms with Gasteiger partial charge >= 0.3 is 0 Å². The van der Waals surface area contributed by atoms with Gasteiger partial charge in [-0.25, -0.2) is 0 Å². The van der Waals surface area contributed by atoms with Crippen LogP contribution in [0.15, 0.2) is 0 Å². The fraction of sp³-hybridized carbons (Fsp3) is 0.750. The van der Waals surface area contributed by atoms with Gasteiger partial charge in [0.25, 0.3) is 0 Å². The molecule has 0 aliphatic heterocycles. The monoisotopic (exact) mass is 96.1 g/mol. The number of nitrogens with one attached hydrogen (secondary N) is 1. The third-order valence-corrected chi connectivity index (χ3v) is 1.30. The second kappa shape index (κ2) is 3.14. The van der Waals surface area contributed by atoms with Crippen LogP contribution in [-0.4, -0.2) is 21.8 Å². The SMILES string of the molecule is BNC(B)[C](C)C. The van der Waals surface area contributed by atoms with Gasteiger partial charge in [0.1, 0.15) is 7.85 Å². The molecule has 0 amide bonds. The summed E-state index contributed by atoms with van der Waals surface area (Å²) in [7, 11) is 4.12. The van der Waals surface area contributed by atoms with Crippen LogP contribution < -0.4 is 5.23 Å². The highest BCUT2D eigenvalue weighted by atomic mass is 14.8. The lowest BCUT2D eigenvalue weighted by Crippen LogP contribution is -2.30. The van der Waals surface area contributed by atoms with E-state index in [1.165, 1.54) is 5.92 Å². The normalized spacial score (nSPS) is 14.7. The largest absolute Gasteiger partial charge is 0.366 e. The van der Waals surface area contributed by atoms with Crippen LogP contribution in [0.25, 0.3) is 0 Å². The van der Waals surface area contributed by atoms with E-state index in [2.05, 4.69) is 26.9 Å². The van der Waals surface area contributed by atoms with Crippen LogP contribution >= 0.6 is 0 Å². The molecule has 1 radical (unpaired) electrons. The molecule has 0 saturated heterocycles. The fourth-order valence-electron chi connectivity index (χ4n) is 0.289. The Morgan fingerprint density at radius 3 is 2.00 bits per heavy atom. The molecule has 1 nitrogen and oxygen atoms in total. The molecule has 0 aromatic rings. The molecule has 1 unspecified atom stereocenters. The Labute approximate surface area is 47.7 Å². The highest BCUT2D eigenvalue weighted by Gasteiger charge is 2.00. The van der Waals surface area contributed by atoms with E-state index < -0.39 is 0 Å². The van der Waals surface area contributed by atoms with Crippen LogP contribution in [0, 0.1) is 5.92 Å². The number of rotatable bonds is 2. The second-order valence-electron chi connectivity index (χ2n) is 2.09. The summed E-state index contributed by atoms with van der Waals surface area (Å²) >= 11 is 0. The van der Waals surface area contributed by atoms with Gasteiger partial charge in [-0.15, -0.1) is 0 Å². The standard InChI is InChI=1S/C4H12B2N/c1-3(2)4(5)7-6/h4,7H,5-6H2,1-2H3. The molecule has 0 spiro atoms. The molecule has 7 heavy (non-hydrogen) atoms. The Morgan fingerprint density at radius 1 is 1.57 bits per heavy atom. The van der Waals surface area contributed by atoms with E-state index >= 15 is 0 Å². The molecule has 0 aliphatic carbocycles. The van der Waals surface area contributed by atoms with Crippen LogP contribution in [0.4, 0.5) is 0 Å². The predicted molar refractivity (Wildman–Crippen MR) is 38.6 cm³/mol. The summed E-state index contributed by atoms with van der Waals surface area (Å²) in [4.78, 5) is 0. The first kappa shape index (κ1) is 7.09. The summed E-state index contributed by atoms with van der Waals surface area (Å²) < 4.78 is 0. The molecular weight excluding hydrogens is 83.7 g/mol. The summed E-state index contributed by atoms with van der Waals surface area (Å²) in [6.07, 6.45) is 0. The van der Waals surface area contributed by atoms with Crippen molar-refractivity contribution in [3.63, 3.8) is 0 Å². The lowest BCUT2D eigenvalue weighted by atomic mass is 9.85.